The van der Waals surface area contributed by atoms with E-state index < -0.39 is 11.5 Å². The number of nitrogens with one attached hydrogen (secondary N) is 1. The van der Waals surface area contributed by atoms with Crippen molar-refractivity contribution in [2.75, 3.05) is 20.3 Å². The largest absolute Gasteiger partial charge is 0.493 e. The molecule has 0 spiro atoms. The van der Waals surface area contributed by atoms with E-state index in [1.54, 1.807) is 14.0 Å². The number of rotatable bonds is 10. The van der Waals surface area contributed by atoms with Crippen molar-refractivity contribution in [2.24, 2.45) is 0 Å². The van der Waals surface area contributed by atoms with Gasteiger partial charge in [-0.1, -0.05) is 19.1 Å². The fourth-order valence-electron chi connectivity index (χ4n) is 1.94. The highest BCUT2D eigenvalue weighted by atomic mass is 16.5. The summed E-state index contributed by atoms with van der Waals surface area (Å²) in [5, 5.41) is 12.4. The Hall–Kier alpha value is -1.59. The molecule has 2 N–H and O–H groups in total. The van der Waals surface area contributed by atoms with Gasteiger partial charge in [0, 0.05) is 13.5 Å². The summed E-state index contributed by atoms with van der Waals surface area (Å²) in [6.45, 7) is 5.24. The highest BCUT2D eigenvalue weighted by molar-refractivity contribution is 5.78. The Bertz CT molecular complexity index is 450. The molecule has 0 aliphatic heterocycles. The summed E-state index contributed by atoms with van der Waals surface area (Å²) < 4.78 is 10.7. The zero-order valence-corrected chi connectivity index (χ0v) is 13.0. The molecular formula is C16H25NO4. The van der Waals surface area contributed by atoms with E-state index in [4.69, 9.17) is 9.47 Å². The molecule has 5 heteroatoms. The first-order valence-electron chi connectivity index (χ1n) is 7.21. The summed E-state index contributed by atoms with van der Waals surface area (Å²) in [5.74, 6) is -0.125. The average Bonchev–Trinajstić information content (AvgIpc) is 2.46. The molecule has 5 nitrogen and oxygen atoms in total. The normalized spacial score (nSPS) is 13.7. The lowest BCUT2D eigenvalue weighted by Gasteiger charge is -2.26. The van der Waals surface area contributed by atoms with E-state index in [1.807, 2.05) is 31.2 Å². The zero-order valence-electron chi connectivity index (χ0n) is 13.0. The van der Waals surface area contributed by atoms with E-state index in [-0.39, 0.29) is 0 Å². The first-order chi connectivity index (χ1) is 10.0. The van der Waals surface area contributed by atoms with Gasteiger partial charge in [0.15, 0.2) is 0 Å². The molecule has 1 aromatic rings. The lowest BCUT2D eigenvalue weighted by molar-refractivity contribution is -0.144. The van der Waals surface area contributed by atoms with Gasteiger partial charge in [-0.2, -0.15) is 0 Å². The smallest absolute Gasteiger partial charge is 0.323 e. The predicted molar refractivity (Wildman–Crippen MR) is 81.6 cm³/mol. The molecular weight excluding hydrogens is 270 g/mol. The van der Waals surface area contributed by atoms with Crippen molar-refractivity contribution in [2.45, 2.75) is 38.8 Å². The Balaban J connectivity index is 2.53. The molecule has 0 aliphatic rings. The molecule has 0 saturated carbocycles. The van der Waals surface area contributed by atoms with Gasteiger partial charge in [-0.25, -0.2) is 0 Å². The minimum atomic E-state index is -0.958. The molecule has 0 aromatic heterocycles. The molecule has 0 bridgehead atoms. The second-order valence-electron chi connectivity index (χ2n) is 5.24. The van der Waals surface area contributed by atoms with Gasteiger partial charge in [-0.05, 0) is 37.6 Å². The number of methoxy groups -OCH3 is 1. The second kappa shape index (κ2) is 8.64. The highest BCUT2D eigenvalue weighted by Crippen LogP contribution is 2.16. The van der Waals surface area contributed by atoms with Crippen molar-refractivity contribution in [3.05, 3.63) is 29.8 Å². The Labute approximate surface area is 126 Å². The van der Waals surface area contributed by atoms with E-state index in [1.165, 1.54) is 0 Å². The second-order valence-corrected chi connectivity index (χ2v) is 5.24. The maximum Gasteiger partial charge on any atom is 0.323 e. The van der Waals surface area contributed by atoms with Crippen LogP contribution in [0.5, 0.6) is 5.75 Å². The van der Waals surface area contributed by atoms with E-state index >= 15 is 0 Å². The van der Waals surface area contributed by atoms with Crippen LogP contribution in [0.15, 0.2) is 24.3 Å². The van der Waals surface area contributed by atoms with Gasteiger partial charge in [0.25, 0.3) is 0 Å². The number of carboxylic acid groups (broad SMARTS) is 1. The van der Waals surface area contributed by atoms with E-state index in [2.05, 4.69) is 5.32 Å². The van der Waals surface area contributed by atoms with Gasteiger partial charge >= 0.3 is 5.97 Å². The maximum absolute atomic E-state index is 11.4. The van der Waals surface area contributed by atoms with Crippen molar-refractivity contribution in [3.8, 4) is 5.75 Å². The van der Waals surface area contributed by atoms with Crippen LogP contribution >= 0.6 is 0 Å². The Morgan fingerprint density at radius 2 is 2.19 bits per heavy atom. The summed E-state index contributed by atoms with van der Waals surface area (Å²) in [4.78, 5) is 11.4. The fourth-order valence-corrected chi connectivity index (χ4v) is 1.94. The van der Waals surface area contributed by atoms with Gasteiger partial charge < -0.3 is 19.9 Å². The number of hydrogen-bond acceptors (Lipinski definition) is 4. The predicted octanol–water partition coefficient (Wildman–Crippen LogP) is 2.44. The van der Waals surface area contributed by atoms with Crippen LogP contribution in [0.25, 0.3) is 0 Å². The molecule has 0 heterocycles. The summed E-state index contributed by atoms with van der Waals surface area (Å²) in [6.07, 6.45) is 1.29. The van der Waals surface area contributed by atoms with Crippen molar-refractivity contribution in [3.63, 3.8) is 0 Å². The number of aliphatic carboxylic acids is 1. The first kappa shape index (κ1) is 17.5. The number of hydrogen-bond donors (Lipinski definition) is 2. The summed E-state index contributed by atoms with van der Waals surface area (Å²) >= 11 is 0. The minimum absolute atomic E-state index is 0.343. The quantitative estimate of drug-likeness (QED) is 0.694. The van der Waals surface area contributed by atoms with Crippen molar-refractivity contribution >= 4 is 5.97 Å². The third-order valence-electron chi connectivity index (χ3n) is 3.32. The molecule has 0 aliphatic carbocycles. The Morgan fingerprint density at radius 1 is 1.43 bits per heavy atom. The lowest BCUT2D eigenvalue weighted by Crippen LogP contribution is -2.50. The topological polar surface area (TPSA) is 67.8 Å². The van der Waals surface area contributed by atoms with Crippen LogP contribution in [0.1, 0.15) is 32.3 Å². The SMILES string of the molecule is CCCNC(C)(CCOc1cccc(COC)c1)C(=O)O. The molecule has 0 fully saturated rings. The van der Waals surface area contributed by atoms with Crippen molar-refractivity contribution in [1.82, 2.24) is 5.32 Å². The van der Waals surface area contributed by atoms with E-state index in [0.717, 1.165) is 17.7 Å². The molecule has 118 valence electrons. The third-order valence-corrected chi connectivity index (χ3v) is 3.32. The number of ether oxygens (including phenoxy) is 2. The van der Waals surface area contributed by atoms with Crippen LogP contribution < -0.4 is 10.1 Å². The fraction of sp³-hybridized carbons (Fsp3) is 0.562. The number of benzene rings is 1. The van der Waals surface area contributed by atoms with Crippen LogP contribution in [-0.4, -0.2) is 36.9 Å². The maximum atomic E-state index is 11.4. The Morgan fingerprint density at radius 3 is 2.81 bits per heavy atom. The highest BCUT2D eigenvalue weighted by Gasteiger charge is 2.31. The summed E-state index contributed by atoms with van der Waals surface area (Å²) in [7, 11) is 1.64. The van der Waals surface area contributed by atoms with Gasteiger partial charge in [0.05, 0.1) is 13.2 Å². The molecule has 0 saturated heterocycles. The molecule has 1 rings (SSSR count). The lowest BCUT2D eigenvalue weighted by atomic mass is 9.98. The average molecular weight is 295 g/mol. The molecule has 21 heavy (non-hydrogen) atoms. The van der Waals surface area contributed by atoms with E-state index in [9.17, 15) is 9.90 Å². The Kier molecular flexibility index (Phi) is 7.19. The standard InChI is InChI=1S/C16H25NO4/c1-4-9-17-16(2,15(18)19)8-10-21-14-7-5-6-13(11-14)12-20-3/h5-7,11,17H,4,8-10,12H2,1-3H3,(H,18,19). The van der Waals surface area contributed by atoms with Crippen molar-refractivity contribution in [1.29, 1.82) is 0 Å². The van der Waals surface area contributed by atoms with Crippen molar-refractivity contribution < 1.29 is 19.4 Å². The monoisotopic (exact) mass is 295 g/mol. The van der Waals surface area contributed by atoms with E-state index in [0.29, 0.717) is 26.2 Å². The molecule has 0 amide bonds. The number of carboxylic acids is 1. The zero-order chi connectivity index (χ0) is 15.7. The van der Waals surface area contributed by atoms with Gasteiger partial charge in [-0.15, -0.1) is 0 Å². The molecule has 0 radical (unpaired) electrons. The van der Waals surface area contributed by atoms with Gasteiger partial charge in [-0.3, -0.25) is 4.79 Å². The van der Waals surface area contributed by atoms with Crippen LogP contribution in [0.3, 0.4) is 0 Å². The third kappa shape index (κ3) is 5.73. The molecule has 1 aromatic carbocycles. The van der Waals surface area contributed by atoms with Crippen LogP contribution in [0, 0.1) is 0 Å². The van der Waals surface area contributed by atoms with Crippen LogP contribution in [0.2, 0.25) is 0 Å². The van der Waals surface area contributed by atoms with Gasteiger partial charge in [0.2, 0.25) is 0 Å². The first-order valence-corrected chi connectivity index (χ1v) is 7.21. The molecule has 1 unspecified atom stereocenters. The van der Waals surface area contributed by atoms with Gasteiger partial charge in [0.1, 0.15) is 11.3 Å². The summed E-state index contributed by atoms with van der Waals surface area (Å²) in [5.41, 5.74) is 0.0697. The minimum Gasteiger partial charge on any atom is -0.493 e. The van der Waals surface area contributed by atoms with Crippen LogP contribution in [0.4, 0.5) is 0 Å². The molecule has 1 atom stereocenters. The summed E-state index contributed by atoms with van der Waals surface area (Å²) in [6, 6.07) is 7.62. The number of carbonyl (C=O) groups is 1. The van der Waals surface area contributed by atoms with Crippen LogP contribution in [-0.2, 0) is 16.1 Å².